The molecule has 142 valence electrons. The highest BCUT2D eigenvalue weighted by atomic mass is 16.6. The molecule has 1 amide bonds. The Labute approximate surface area is 158 Å². The molecule has 2 aromatic carbocycles. The molecule has 1 N–H and O–H groups in total. The Hall–Kier alpha value is -2.93. The maximum atomic E-state index is 12.5. The van der Waals surface area contributed by atoms with Gasteiger partial charge in [-0.05, 0) is 49.7 Å². The fraction of sp³-hybridized carbons (Fsp3) is 0.350. The molecule has 0 unspecified atom stereocenters. The van der Waals surface area contributed by atoms with Crippen LogP contribution >= 0.6 is 0 Å². The molecule has 1 aliphatic heterocycles. The summed E-state index contributed by atoms with van der Waals surface area (Å²) in [5, 5.41) is 13.7. The van der Waals surface area contributed by atoms with Crippen LogP contribution in [0.1, 0.15) is 35.2 Å². The van der Waals surface area contributed by atoms with Gasteiger partial charge in [0.05, 0.1) is 17.7 Å². The fourth-order valence-corrected chi connectivity index (χ4v) is 3.24. The van der Waals surface area contributed by atoms with Crippen LogP contribution in [0.25, 0.3) is 0 Å². The molecule has 7 nitrogen and oxygen atoms in total. The quantitative estimate of drug-likeness (QED) is 0.618. The number of amides is 1. The molecule has 0 atom stereocenters. The second-order valence-corrected chi connectivity index (χ2v) is 6.63. The monoisotopic (exact) mass is 369 g/mol. The minimum Gasteiger partial charge on any atom is -0.495 e. The summed E-state index contributed by atoms with van der Waals surface area (Å²) in [5.41, 5.74) is 1.82. The van der Waals surface area contributed by atoms with E-state index in [4.69, 9.17) is 4.74 Å². The molecule has 1 fully saturated rings. The van der Waals surface area contributed by atoms with E-state index in [1.807, 2.05) is 12.1 Å². The van der Waals surface area contributed by atoms with Gasteiger partial charge < -0.3 is 10.1 Å². The van der Waals surface area contributed by atoms with Crippen LogP contribution in [0.5, 0.6) is 5.75 Å². The molecule has 7 heteroatoms. The van der Waals surface area contributed by atoms with Gasteiger partial charge in [0.1, 0.15) is 5.75 Å². The van der Waals surface area contributed by atoms with Gasteiger partial charge >= 0.3 is 0 Å². The average molecular weight is 369 g/mol. The Morgan fingerprint density at radius 3 is 2.48 bits per heavy atom. The first-order valence-corrected chi connectivity index (χ1v) is 9.02. The van der Waals surface area contributed by atoms with Crippen molar-refractivity contribution in [3.63, 3.8) is 0 Å². The van der Waals surface area contributed by atoms with E-state index in [2.05, 4.69) is 10.2 Å². The van der Waals surface area contributed by atoms with Crippen LogP contribution in [-0.4, -0.2) is 35.9 Å². The SMILES string of the molecule is COc1ccc([N+](=O)[O-])cc1NC(=O)c1ccc(CN2CCCCC2)cc1. The average Bonchev–Trinajstić information content (AvgIpc) is 2.69. The van der Waals surface area contributed by atoms with E-state index in [1.54, 1.807) is 12.1 Å². The minimum atomic E-state index is -0.509. The highest BCUT2D eigenvalue weighted by molar-refractivity contribution is 6.05. The second kappa shape index (κ2) is 8.64. The summed E-state index contributed by atoms with van der Waals surface area (Å²) < 4.78 is 5.18. The molecule has 2 aromatic rings. The number of nitro groups is 1. The molecule has 1 saturated heterocycles. The van der Waals surface area contributed by atoms with Gasteiger partial charge in [-0.15, -0.1) is 0 Å². The first-order chi connectivity index (χ1) is 13.1. The fourth-order valence-electron chi connectivity index (χ4n) is 3.24. The van der Waals surface area contributed by atoms with Crippen molar-refractivity contribution in [2.75, 3.05) is 25.5 Å². The zero-order valence-corrected chi connectivity index (χ0v) is 15.3. The van der Waals surface area contributed by atoms with Gasteiger partial charge in [0, 0.05) is 24.2 Å². The lowest BCUT2D eigenvalue weighted by molar-refractivity contribution is -0.384. The van der Waals surface area contributed by atoms with E-state index < -0.39 is 4.92 Å². The number of nitro benzene ring substituents is 1. The van der Waals surface area contributed by atoms with Crippen molar-refractivity contribution in [1.82, 2.24) is 4.90 Å². The number of ether oxygens (including phenoxy) is 1. The highest BCUT2D eigenvalue weighted by Crippen LogP contribution is 2.29. The van der Waals surface area contributed by atoms with E-state index in [1.165, 1.54) is 50.1 Å². The van der Waals surface area contributed by atoms with E-state index >= 15 is 0 Å². The summed E-state index contributed by atoms with van der Waals surface area (Å²) >= 11 is 0. The second-order valence-electron chi connectivity index (χ2n) is 6.63. The van der Waals surface area contributed by atoms with Crippen molar-refractivity contribution in [1.29, 1.82) is 0 Å². The van der Waals surface area contributed by atoms with Crippen LogP contribution in [0.2, 0.25) is 0 Å². The normalized spacial score (nSPS) is 14.6. The lowest BCUT2D eigenvalue weighted by Crippen LogP contribution is -2.29. The zero-order valence-electron chi connectivity index (χ0n) is 15.3. The van der Waals surface area contributed by atoms with Crippen LogP contribution in [0.3, 0.4) is 0 Å². The Morgan fingerprint density at radius 2 is 1.85 bits per heavy atom. The van der Waals surface area contributed by atoms with Crippen molar-refractivity contribution in [3.05, 3.63) is 63.7 Å². The van der Waals surface area contributed by atoms with Gasteiger partial charge in [-0.3, -0.25) is 19.8 Å². The molecule has 1 aliphatic rings. The first-order valence-electron chi connectivity index (χ1n) is 9.02. The molecule has 27 heavy (non-hydrogen) atoms. The van der Waals surface area contributed by atoms with Gasteiger partial charge in [0.15, 0.2) is 0 Å². The van der Waals surface area contributed by atoms with Gasteiger partial charge in [-0.1, -0.05) is 18.6 Å². The maximum Gasteiger partial charge on any atom is 0.271 e. The summed E-state index contributed by atoms with van der Waals surface area (Å²) in [6.45, 7) is 3.13. The number of nitrogens with one attached hydrogen (secondary N) is 1. The van der Waals surface area contributed by atoms with Crippen LogP contribution in [0.15, 0.2) is 42.5 Å². The van der Waals surface area contributed by atoms with Crippen molar-refractivity contribution < 1.29 is 14.5 Å². The predicted molar refractivity (Wildman–Crippen MR) is 103 cm³/mol. The summed E-state index contributed by atoms with van der Waals surface area (Å²) in [7, 11) is 1.45. The summed E-state index contributed by atoms with van der Waals surface area (Å²) in [5.74, 6) is 0.0361. The van der Waals surface area contributed by atoms with Crippen LogP contribution in [0.4, 0.5) is 11.4 Å². The number of carbonyl (C=O) groups excluding carboxylic acids is 1. The first kappa shape index (κ1) is 18.8. The maximum absolute atomic E-state index is 12.5. The molecule has 0 aromatic heterocycles. The number of non-ortho nitro benzene ring substituents is 1. The van der Waals surface area contributed by atoms with Crippen molar-refractivity contribution in [2.45, 2.75) is 25.8 Å². The molecule has 0 saturated carbocycles. The number of piperidine rings is 1. The van der Waals surface area contributed by atoms with E-state index in [-0.39, 0.29) is 17.3 Å². The molecular weight excluding hydrogens is 346 g/mol. The lowest BCUT2D eigenvalue weighted by Gasteiger charge is -2.26. The Morgan fingerprint density at radius 1 is 1.15 bits per heavy atom. The third-order valence-electron chi connectivity index (χ3n) is 4.71. The molecule has 0 bridgehead atoms. The van der Waals surface area contributed by atoms with Crippen LogP contribution < -0.4 is 10.1 Å². The number of rotatable bonds is 6. The highest BCUT2D eigenvalue weighted by Gasteiger charge is 2.15. The van der Waals surface area contributed by atoms with Gasteiger partial charge in [-0.2, -0.15) is 0 Å². The van der Waals surface area contributed by atoms with Crippen molar-refractivity contribution in [2.24, 2.45) is 0 Å². The Bertz CT molecular complexity index is 814. The molecule has 0 spiro atoms. The molecule has 0 aliphatic carbocycles. The van der Waals surface area contributed by atoms with E-state index in [0.29, 0.717) is 11.3 Å². The number of carbonyl (C=O) groups is 1. The topological polar surface area (TPSA) is 84.7 Å². The number of hydrogen-bond donors (Lipinski definition) is 1. The predicted octanol–water partition coefficient (Wildman–Crippen LogP) is 3.84. The minimum absolute atomic E-state index is 0.108. The molecule has 1 heterocycles. The Balaban J connectivity index is 1.69. The standard InChI is InChI=1S/C20H23N3O4/c1-27-19-10-9-17(23(25)26)13-18(19)21-20(24)16-7-5-15(6-8-16)14-22-11-3-2-4-12-22/h5-10,13H,2-4,11-12,14H2,1H3,(H,21,24). The van der Waals surface area contributed by atoms with Crippen molar-refractivity contribution in [3.8, 4) is 5.75 Å². The number of methoxy groups -OCH3 is 1. The summed E-state index contributed by atoms with van der Waals surface area (Å²) in [6, 6.07) is 11.6. The smallest absolute Gasteiger partial charge is 0.271 e. The number of nitrogens with zero attached hydrogens (tertiary/aromatic N) is 2. The van der Waals surface area contributed by atoms with Gasteiger partial charge in [-0.25, -0.2) is 0 Å². The Kier molecular flexibility index (Phi) is 6.03. The van der Waals surface area contributed by atoms with Crippen molar-refractivity contribution >= 4 is 17.3 Å². The van der Waals surface area contributed by atoms with Crippen LogP contribution in [0, 0.1) is 10.1 Å². The molecule has 3 rings (SSSR count). The molecular formula is C20H23N3O4. The number of hydrogen-bond acceptors (Lipinski definition) is 5. The summed E-state index contributed by atoms with van der Waals surface area (Å²) in [4.78, 5) is 25.4. The number of likely N-dealkylation sites (tertiary alicyclic amines) is 1. The largest absolute Gasteiger partial charge is 0.495 e. The molecule has 0 radical (unpaired) electrons. The van der Waals surface area contributed by atoms with E-state index in [0.717, 1.165) is 19.6 Å². The number of anilines is 1. The van der Waals surface area contributed by atoms with E-state index in [9.17, 15) is 14.9 Å². The van der Waals surface area contributed by atoms with Gasteiger partial charge in [0.25, 0.3) is 11.6 Å². The third kappa shape index (κ3) is 4.83. The van der Waals surface area contributed by atoms with Crippen LogP contribution in [-0.2, 0) is 6.54 Å². The summed E-state index contributed by atoms with van der Waals surface area (Å²) in [6.07, 6.45) is 3.79. The van der Waals surface area contributed by atoms with Gasteiger partial charge in [0.2, 0.25) is 0 Å². The third-order valence-corrected chi connectivity index (χ3v) is 4.71. The zero-order chi connectivity index (χ0) is 19.2. The number of benzene rings is 2. The lowest BCUT2D eigenvalue weighted by atomic mass is 10.1.